The Morgan fingerprint density at radius 3 is 1.76 bits per heavy atom. The van der Waals surface area contributed by atoms with Gasteiger partial charge in [-0.3, -0.25) is 0 Å². The molecule has 0 aromatic heterocycles. The van der Waals surface area contributed by atoms with Crippen molar-refractivity contribution in [3.8, 4) is 5.75 Å². The Bertz CT molecular complexity index is 714. The molecule has 0 aliphatic heterocycles. The minimum atomic E-state index is -11.2. The van der Waals surface area contributed by atoms with Gasteiger partial charge in [-0.15, -0.1) is 0 Å². The standard InChI is InChI=1S/C13H11NO3S.6FH.Sb/c15-12-6-8-13(9-7-12)18(14(16)17)10-11-4-2-1-3-5-11;;;;;;;/h1-9H,10H2;6*1H;/q;;;;;;;+5/p-5. The van der Waals surface area contributed by atoms with Crippen LogP contribution in [0.5, 0.6) is 5.75 Å². The van der Waals surface area contributed by atoms with Crippen molar-refractivity contribution >= 4 is 30.6 Å². The number of aromatic hydroxyl groups is 1. The normalized spacial score (nSPS) is 15.1. The molecule has 0 aliphatic carbocycles. The van der Waals surface area contributed by atoms with Gasteiger partial charge >= 0.3 is 47.4 Å². The third-order valence-electron chi connectivity index (χ3n) is 2.43. The first-order valence-electron chi connectivity index (χ1n) is 6.36. The average molecular weight is 498 g/mol. The van der Waals surface area contributed by atoms with Gasteiger partial charge in [-0.2, -0.15) is 0 Å². The molecule has 0 spiro atoms. The molecule has 2 aromatic rings. The van der Waals surface area contributed by atoms with Crippen LogP contribution in [0.2, 0.25) is 0 Å². The van der Waals surface area contributed by atoms with Gasteiger partial charge in [0.25, 0.3) is 4.33 Å². The summed E-state index contributed by atoms with van der Waals surface area (Å²) in [6, 6.07) is 15.5. The Kier molecular flexibility index (Phi) is 5.96. The SMILES string of the molecule is O=[N+]([O-])[S+](Cc1ccccc1)c1ccc(O)cc1.[F][Sb-]([F])([F])([F])([F])[F]. The van der Waals surface area contributed by atoms with Crippen LogP contribution in [0.25, 0.3) is 0 Å². The third-order valence-corrected chi connectivity index (χ3v) is 4.22. The summed E-state index contributed by atoms with van der Waals surface area (Å²) in [4.78, 5) is 11.8. The van der Waals surface area contributed by atoms with Crippen LogP contribution in [-0.2, 0) is 16.8 Å². The molecular formula is C13H12F6NO3SSb. The Balaban J connectivity index is 0.000000381. The van der Waals surface area contributed by atoms with Gasteiger partial charge in [0.15, 0.2) is 0 Å². The van der Waals surface area contributed by atoms with E-state index >= 15 is 0 Å². The van der Waals surface area contributed by atoms with E-state index < -0.39 is 30.6 Å². The Morgan fingerprint density at radius 1 is 0.920 bits per heavy atom. The third kappa shape index (κ3) is 11.5. The maximum atomic E-state index is 11.1. The van der Waals surface area contributed by atoms with E-state index in [1.54, 1.807) is 12.1 Å². The first-order chi connectivity index (χ1) is 11.1. The molecule has 0 amide bonds. The van der Waals surface area contributed by atoms with Crippen LogP contribution >= 0.6 is 0 Å². The fourth-order valence-electron chi connectivity index (χ4n) is 1.56. The molecule has 0 saturated heterocycles. The summed E-state index contributed by atoms with van der Waals surface area (Å²) >= 11 is -12.3. The average Bonchev–Trinajstić information content (AvgIpc) is 2.43. The minimum absolute atomic E-state index is 0.116. The van der Waals surface area contributed by atoms with Gasteiger partial charge in [0.1, 0.15) is 5.75 Å². The first kappa shape index (κ1) is 21.4. The van der Waals surface area contributed by atoms with Crippen molar-refractivity contribution in [1.29, 1.82) is 0 Å². The number of hydrogen-bond donors (Lipinski definition) is 1. The molecule has 0 aliphatic rings. The Hall–Kier alpha value is -1.61. The zero-order valence-electron chi connectivity index (χ0n) is 12.2. The second-order valence-electron chi connectivity index (χ2n) is 4.67. The van der Waals surface area contributed by atoms with E-state index in [9.17, 15) is 32.1 Å². The van der Waals surface area contributed by atoms with Gasteiger partial charge < -0.3 is 5.11 Å². The number of phenols is 1. The summed E-state index contributed by atoms with van der Waals surface area (Å²) in [5.74, 6) is 0.490. The second kappa shape index (κ2) is 6.95. The summed E-state index contributed by atoms with van der Waals surface area (Å²) in [5.41, 5.74) is 0.936. The van der Waals surface area contributed by atoms with E-state index in [0.717, 1.165) is 5.56 Å². The van der Waals surface area contributed by atoms with Crippen molar-refractivity contribution in [2.24, 2.45) is 0 Å². The quantitative estimate of drug-likeness (QED) is 0.215. The molecule has 1 N–H and O–H groups in total. The zero-order chi connectivity index (χ0) is 19.4. The maximum absolute atomic E-state index is 11.2. The number of nitro groups is 1. The summed E-state index contributed by atoms with van der Waals surface area (Å²) in [6.07, 6.45) is 0. The molecule has 0 heterocycles. The molecule has 0 fully saturated rings. The van der Waals surface area contributed by atoms with Crippen LogP contribution in [0.4, 0.5) is 16.9 Å². The van der Waals surface area contributed by atoms with Crippen LogP contribution in [0.3, 0.4) is 0 Å². The first-order valence-corrected chi connectivity index (χ1v) is 13.5. The van der Waals surface area contributed by atoms with Gasteiger partial charge in [-0.25, -0.2) is 10.1 Å². The van der Waals surface area contributed by atoms with Gasteiger partial charge in [0.2, 0.25) is 10.6 Å². The molecule has 1 atom stereocenters. The number of benzene rings is 2. The molecule has 0 radical (unpaired) electrons. The second-order valence-corrected chi connectivity index (χ2v) is 11.9. The Labute approximate surface area is 143 Å². The zero-order valence-corrected chi connectivity index (χ0v) is 15.6. The molecule has 2 aromatic carbocycles. The molecule has 140 valence electrons. The van der Waals surface area contributed by atoms with Crippen LogP contribution in [0.1, 0.15) is 5.56 Å². The summed E-state index contributed by atoms with van der Waals surface area (Å²) < 4.78 is 59.3. The van der Waals surface area contributed by atoms with Crippen molar-refractivity contribution in [2.75, 3.05) is 0 Å². The topological polar surface area (TPSA) is 63.4 Å². The molecule has 0 saturated carbocycles. The van der Waals surface area contributed by atoms with E-state index in [-0.39, 0.29) is 10.1 Å². The van der Waals surface area contributed by atoms with Gasteiger partial charge in [-0.05, 0) is 12.1 Å². The molecule has 25 heavy (non-hydrogen) atoms. The molecule has 4 nitrogen and oxygen atoms in total. The van der Waals surface area contributed by atoms with E-state index in [1.165, 1.54) is 12.1 Å². The summed E-state index contributed by atoms with van der Waals surface area (Å²) in [6.45, 7) is 0. The molecule has 1 unspecified atom stereocenters. The fraction of sp³-hybridized carbons (Fsp3) is 0.0769. The Morgan fingerprint density at radius 2 is 1.36 bits per heavy atom. The molecule has 0 bridgehead atoms. The van der Waals surface area contributed by atoms with E-state index in [4.69, 9.17) is 0 Å². The number of halogens is 6. The van der Waals surface area contributed by atoms with E-state index in [2.05, 4.69) is 0 Å². The van der Waals surface area contributed by atoms with Crippen LogP contribution in [0, 0.1) is 10.1 Å². The molecule has 2 rings (SSSR count). The van der Waals surface area contributed by atoms with Gasteiger partial charge in [-0.1, -0.05) is 30.3 Å². The summed E-state index contributed by atoms with van der Waals surface area (Å²) in [5, 5.41) is 20.3. The fourth-order valence-corrected chi connectivity index (χ4v) is 2.96. The van der Waals surface area contributed by atoms with Crippen LogP contribution in [-0.4, -0.2) is 28.9 Å². The van der Waals surface area contributed by atoms with Crippen molar-refractivity contribution < 1.29 is 26.3 Å². The van der Waals surface area contributed by atoms with Crippen molar-refractivity contribution in [1.82, 2.24) is 0 Å². The number of phenolic OH excluding ortho intramolecular Hbond substituents is 1. The van der Waals surface area contributed by atoms with Gasteiger partial charge in [0.05, 0.1) is 0 Å². The molecule has 12 heteroatoms. The van der Waals surface area contributed by atoms with E-state index in [0.29, 0.717) is 10.6 Å². The van der Waals surface area contributed by atoms with Gasteiger partial charge in [0, 0.05) is 17.7 Å². The predicted octanol–water partition coefficient (Wildman–Crippen LogP) is 4.90. The van der Waals surface area contributed by atoms with Crippen LogP contribution < -0.4 is 0 Å². The predicted molar refractivity (Wildman–Crippen MR) is 83.3 cm³/mol. The molecular weight excluding hydrogens is 486 g/mol. The van der Waals surface area contributed by atoms with Crippen molar-refractivity contribution in [3.63, 3.8) is 0 Å². The monoisotopic (exact) mass is 497 g/mol. The van der Waals surface area contributed by atoms with Crippen LogP contribution in [0.15, 0.2) is 59.5 Å². The van der Waals surface area contributed by atoms with Crippen molar-refractivity contribution in [2.45, 2.75) is 10.6 Å². The number of rotatable bonds is 4. The van der Waals surface area contributed by atoms with Crippen molar-refractivity contribution in [3.05, 3.63) is 70.3 Å². The van der Waals surface area contributed by atoms with E-state index in [1.807, 2.05) is 30.3 Å². The summed E-state index contributed by atoms with van der Waals surface area (Å²) in [7, 11) is 0. The number of nitrogens with zero attached hydrogens (tertiary/aromatic N) is 1. The number of hydrogen-bond acceptors (Lipinski definition) is 3.